The lowest BCUT2D eigenvalue weighted by molar-refractivity contribution is 0.0587. The van der Waals surface area contributed by atoms with Crippen LogP contribution in [0.1, 0.15) is 35.4 Å². The molecule has 10 heteroatoms. The average Bonchev–Trinajstić information content (AvgIpc) is 3.15. The Morgan fingerprint density at radius 1 is 1.23 bits per heavy atom. The zero-order valence-corrected chi connectivity index (χ0v) is 18.8. The highest BCUT2D eigenvalue weighted by molar-refractivity contribution is 7.98. The second-order valence-electron chi connectivity index (χ2n) is 7.49. The Hall–Kier alpha value is -2.43. The number of carbonyl (C=O) groups excluding carboxylic acids is 1. The number of sulfonamides is 1. The van der Waals surface area contributed by atoms with Crippen LogP contribution in [0, 0.1) is 0 Å². The highest BCUT2D eigenvalue weighted by Gasteiger charge is 2.32. The van der Waals surface area contributed by atoms with E-state index in [9.17, 15) is 13.2 Å². The van der Waals surface area contributed by atoms with Crippen LogP contribution in [0.4, 0.5) is 0 Å². The summed E-state index contributed by atoms with van der Waals surface area (Å²) in [5, 5.41) is 1.51. The zero-order chi connectivity index (χ0) is 21.8. The fourth-order valence-corrected chi connectivity index (χ4v) is 5.10. The number of likely N-dealkylation sites (tertiary alicyclic amines) is 1. The highest BCUT2D eigenvalue weighted by atomic mass is 32.2. The number of fused-ring (bicyclic) bond motifs is 1. The molecule has 0 radical (unpaired) electrons. The number of hydrogen-bond acceptors (Lipinski definition) is 7. The summed E-state index contributed by atoms with van der Waals surface area (Å²) in [5.74, 6) is 0.582. The Bertz CT molecular complexity index is 1160. The number of aromatic nitrogens is 2. The number of benzene rings is 1. The Balaban J connectivity index is 1.63. The maximum absolute atomic E-state index is 13.6. The molecule has 8 nitrogen and oxygen atoms in total. The van der Waals surface area contributed by atoms with Gasteiger partial charge in [-0.25, -0.2) is 23.1 Å². The summed E-state index contributed by atoms with van der Waals surface area (Å²) in [6.45, 7) is 0.771. The van der Waals surface area contributed by atoms with Gasteiger partial charge in [0.1, 0.15) is 5.58 Å². The van der Waals surface area contributed by atoms with Crippen LogP contribution in [0.2, 0.25) is 0 Å². The van der Waals surface area contributed by atoms with Crippen LogP contribution in [0.3, 0.4) is 0 Å². The van der Waals surface area contributed by atoms with E-state index in [0.29, 0.717) is 28.8 Å². The van der Waals surface area contributed by atoms with Gasteiger partial charge in [0.2, 0.25) is 10.0 Å². The quantitative estimate of drug-likeness (QED) is 0.427. The summed E-state index contributed by atoms with van der Waals surface area (Å²) < 4.78 is 31.7. The van der Waals surface area contributed by atoms with Gasteiger partial charge in [0, 0.05) is 48.2 Å². The maximum Gasteiger partial charge on any atom is 0.290 e. The molecule has 0 aliphatic carbocycles. The molecule has 1 atom stereocenters. The van der Waals surface area contributed by atoms with Crippen molar-refractivity contribution in [1.82, 2.24) is 19.6 Å². The van der Waals surface area contributed by atoms with E-state index in [4.69, 9.17) is 4.42 Å². The fraction of sp³-hybridized carbons (Fsp3) is 0.381. The molecule has 1 saturated heterocycles. The number of rotatable bonds is 7. The van der Waals surface area contributed by atoms with Crippen molar-refractivity contribution in [3.63, 3.8) is 0 Å². The molecule has 1 aromatic carbocycles. The summed E-state index contributed by atoms with van der Waals surface area (Å²) in [6, 6.07) is 9.12. The molecule has 1 aliphatic heterocycles. The third-order valence-electron chi connectivity index (χ3n) is 5.25. The van der Waals surface area contributed by atoms with Crippen LogP contribution in [0.25, 0.3) is 11.0 Å². The molecule has 0 bridgehead atoms. The number of carbonyl (C=O) groups is 1. The third-order valence-corrected chi connectivity index (χ3v) is 6.84. The molecular weight excluding hydrogens is 436 g/mol. The maximum atomic E-state index is 13.6. The molecule has 0 spiro atoms. The van der Waals surface area contributed by atoms with Crippen LogP contribution < -0.4 is 4.72 Å². The van der Waals surface area contributed by atoms with E-state index in [1.165, 1.54) is 11.8 Å². The van der Waals surface area contributed by atoms with Crippen molar-refractivity contribution in [3.05, 3.63) is 54.0 Å². The number of piperidine rings is 1. The molecule has 0 saturated carbocycles. The monoisotopic (exact) mass is 460 g/mol. The van der Waals surface area contributed by atoms with Crippen LogP contribution in [-0.4, -0.2) is 54.6 Å². The van der Waals surface area contributed by atoms with Crippen molar-refractivity contribution in [3.8, 4) is 0 Å². The largest absolute Gasteiger partial charge is 0.451 e. The summed E-state index contributed by atoms with van der Waals surface area (Å²) in [5.41, 5.74) is 1.46. The molecule has 4 rings (SSSR count). The first kappa shape index (κ1) is 21.8. The Labute approximate surface area is 185 Å². The lowest BCUT2D eigenvalue weighted by Gasteiger charge is -2.35. The second-order valence-corrected chi connectivity index (χ2v) is 10.3. The molecule has 1 N–H and O–H groups in total. The molecule has 31 heavy (non-hydrogen) atoms. The zero-order valence-electron chi connectivity index (χ0n) is 17.2. The number of para-hydroxylation sites is 1. The molecule has 3 heterocycles. The van der Waals surface area contributed by atoms with Crippen molar-refractivity contribution >= 4 is 38.7 Å². The van der Waals surface area contributed by atoms with E-state index in [0.717, 1.165) is 36.5 Å². The minimum atomic E-state index is -3.33. The van der Waals surface area contributed by atoms with Gasteiger partial charge in [-0.1, -0.05) is 30.0 Å². The number of nitrogens with zero attached hydrogens (tertiary/aromatic N) is 3. The minimum Gasteiger partial charge on any atom is -0.451 e. The molecular formula is C21H24N4O4S2. The van der Waals surface area contributed by atoms with Gasteiger partial charge in [-0.3, -0.25) is 4.79 Å². The van der Waals surface area contributed by atoms with E-state index in [1.807, 2.05) is 24.3 Å². The van der Waals surface area contributed by atoms with Gasteiger partial charge in [0.25, 0.3) is 5.91 Å². The van der Waals surface area contributed by atoms with E-state index >= 15 is 0 Å². The lowest BCUT2D eigenvalue weighted by atomic mass is 10.0. The fourth-order valence-electron chi connectivity index (χ4n) is 3.77. The Kier molecular flexibility index (Phi) is 6.59. The van der Waals surface area contributed by atoms with Gasteiger partial charge in [-0.15, -0.1) is 0 Å². The number of furan rings is 1. The van der Waals surface area contributed by atoms with Crippen LogP contribution in [-0.2, 0) is 15.8 Å². The van der Waals surface area contributed by atoms with Crippen molar-refractivity contribution in [2.45, 2.75) is 36.2 Å². The van der Waals surface area contributed by atoms with Crippen molar-refractivity contribution in [1.29, 1.82) is 0 Å². The first-order valence-corrected chi connectivity index (χ1v) is 13.0. The van der Waals surface area contributed by atoms with Gasteiger partial charge in [-0.05, 0) is 31.4 Å². The summed E-state index contributed by atoms with van der Waals surface area (Å²) in [4.78, 5) is 23.8. The molecule has 1 amide bonds. The van der Waals surface area contributed by atoms with Gasteiger partial charge in [0.15, 0.2) is 10.9 Å². The summed E-state index contributed by atoms with van der Waals surface area (Å²) >= 11 is 1.44. The topological polar surface area (TPSA) is 105 Å². The van der Waals surface area contributed by atoms with Crippen LogP contribution >= 0.6 is 11.8 Å². The Morgan fingerprint density at radius 2 is 2.00 bits per heavy atom. The van der Waals surface area contributed by atoms with Gasteiger partial charge in [0.05, 0.1) is 6.26 Å². The SMILES string of the molecule is CS(=O)(=O)NCC1CCCCN1C(=O)c1oc2ccccc2c1CSc1ncccn1. The van der Waals surface area contributed by atoms with Gasteiger partial charge in [-0.2, -0.15) is 0 Å². The smallest absolute Gasteiger partial charge is 0.290 e. The highest BCUT2D eigenvalue weighted by Crippen LogP contribution is 2.33. The number of thioether (sulfide) groups is 1. The second kappa shape index (κ2) is 9.37. The predicted molar refractivity (Wildman–Crippen MR) is 119 cm³/mol. The van der Waals surface area contributed by atoms with Gasteiger partial charge >= 0.3 is 0 Å². The molecule has 1 fully saturated rings. The van der Waals surface area contributed by atoms with E-state index < -0.39 is 10.0 Å². The number of amides is 1. The van der Waals surface area contributed by atoms with E-state index in [1.54, 1.807) is 23.4 Å². The first-order valence-electron chi connectivity index (χ1n) is 10.1. The van der Waals surface area contributed by atoms with Crippen molar-refractivity contribution in [2.75, 3.05) is 19.3 Å². The predicted octanol–water partition coefficient (Wildman–Crippen LogP) is 3.06. The van der Waals surface area contributed by atoms with Crippen molar-refractivity contribution < 1.29 is 17.6 Å². The van der Waals surface area contributed by atoms with E-state index in [2.05, 4.69) is 14.7 Å². The third kappa shape index (κ3) is 5.25. The van der Waals surface area contributed by atoms with Crippen LogP contribution in [0.5, 0.6) is 0 Å². The molecule has 1 aliphatic rings. The molecule has 164 valence electrons. The Morgan fingerprint density at radius 3 is 2.77 bits per heavy atom. The molecule has 3 aromatic rings. The average molecular weight is 461 g/mol. The normalized spacial score (nSPS) is 17.2. The standard InChI is InChI=1S/C21H24N4O4S2/c1-31(27,28)24-13-15-7-4-5-12-25(15)20(26)19-17(14-30-21-22-10-6-11-23-21)16-8-2-3-9-18(16)29-19/h2-3,6,8-11,15,24H,4-5,7,12-14H2,1H3. The minimum absolute atomic E-state index is 0.201. The van der Waals surface area contributed by atoms with Crippen LogP contribution in [0.15, 0.2) is 52.3 Å². The molecule has 1 unspecified atom stereocenters. The summed E-state index contributed by atoms with van der Waals surface area (Å²) in [7, 11) is -3.33. The van der Waals surface area contributed by atoms with E-state index in [-0.39, 0.29) is 18.5 Å². The first-order chi connectivity index (χ1) is 14.9. The number of nitrogens with one attached hydrogen (secondary N) is 1. The summed E-state index contributed by atoms with van der Waals surface area (Å²) in [6.07, 6.45) is 7.07. The molecule has 2 aromatic heterocycles. The van der Waals surface area contributed by atoms with Crippen molar-refractivity contribution in [2.24, 2.45) is 0 Å². The lowest BCUT2D eigenvalue weighted by Crippen LogP contribution is -2.49. The van der Waals surface area contributed by atoms with Gasteiger partial charge < -0.3 is 9.32 Å². The number of hydrogen-bond donors (Lipinski definition) is 1.